The molecule has 0 aliphatic carbocycles. The summed E-state index contributed by atoms with van der Waals surface area (Å²) in [5, 5.41) is 20.8. The van der Waals surface area contributed by atoms with E-state index in [1.54, 1.807) is 34.7 Å². The van der Waals surface area contributed by atoms with E-state index in [0.717, 1.165) is 143 Å². The van der Waals surface area contributed by atoms with Gasteiger partial charge in [-0.1, -0.05) is 32.0 Å². The van der Waals surface area contributed by atoms with Crippen molar-refractivity contribution < 1.29 is 24.5 Å². The van der Waals surface area contributed by atoms with Crippen molar-refractivity contribution in [2.45, 2.75) is 78.0 Å². The summed E-state index contributed by atoms with van der Waals surface area (Å²) in [6.07, 6.45) is 8.25. The number of aromatic hydroxyl groups is 2. The van der Waals surface area contributed by atoms with Gasteiger partial charge in [-0.3, -0.25) is 19.4 Å². The smallest absolute Gasteiger partial charge is 0.258 e. The Labute approximate surface area is 402 Å². The Bertz CT molecular complexity index is 2600. The van der Waals surface area contributed by atoms with Crippen molar-refractivity contribution in [2.75, 3.05) is 95.8 Å². The first-order valence-electron chi connectivity index (χ1n) is 24.6. The summed E-state index contributed by atoms with van der Waals surface area (Å²) in [7, 11) is 0. The molecule has 4 N–H and O–H groups in total. The predicted molar refractivity (Wildman–Crippen MR) is 263 cm³/mol. The van der Waals surface area contributed by atoms with E-state index in [9.17, 15) is 19.8 Å². The highest BCUT2D eigenvalue weighted by atomic mass is 32.1. The maximum absolute atomic E-state index is 13.6. The highest BCUT2D eigenvalue weighted by Crippen LogP contribution is 2.37. The minimum absolute atomic E-state index is 0.0113. The summed E-state index contributed by atoms with van der Waals surface area (Å²) in [4.78, 5) is 60.5. The van der Waals surface area contributed by atoms with Crippen LogP contribution in [-0.4, -0.2) is 152 Å². The number of benzene rings is 2. The van der Waals surface area contributed by atoms with Crippen LogP contribution in [0.1, 0.15) is 89.4 Å². The largest absolute Gasteiger partial charge is 0.508 e. The van der Waals surface area contributed by atoms with Crippen LogP contribution in [0.15, 0.2) is 48.8 Å². The Morgan fingerprint density at radius 1 is 0.765 bits per heavy atom. The van der Waals surface area contributed by atoms with Gasteiger partial charge in [0.25, 0.3) is 5.91 Å². The Morgan fingerprint density at radius 3 is 2.19 bits per heavy atom. The van der Waals surface area contributed by atoms with E-state index in [-0.39, 0.29) is 34.8 Å². The third-order valence-corrected chi connectivity index (χ3v) is 15.9. The van der Waals surface area contributed by atoms with Gasteiger partial charge < -0.3 is 40.3 Å². The number of morpholine rings is 1. The third kappa shape index (κ3) is 10.4. The molecule has 0 radical (unpaired) electrons. The van der Waals surface area contributed by atoms with Gasteiger partial charge in [-0.15, -0.1) is 11.3 Å². The highest BCUT2D eigenvalue weighted by molar-refractivity contribution is 7.19. The zero-order chi connectivity index (χ0) is 46.9. The van der Waals surface area contributed by atoms with Crippen LogP contribution in [0.4, 0.5) is 11.8 Å². The Kier molecular flexibility index (Phi) is 13.8. The zero-order valence-corrected chi connectivity index (χ0v) is 40.3. The van der Waals surface area contributed by atoms with Crippen molar-refractivity contribution >= 4 is 45.1 Å². The summed E-state index contributed by atoms with van der Waals surface area (Å²) < 4.78 is 6.74. The molecular formula is C51H65N11O5S. The first-order chi connectivity index (χ1) is 33.0. The van der Waals surface area contributed by atoms with Gasteiger partial charge >= 0.3 is 0 Å². The van der Waals surface area contributed by atoms with E-state index >= 15 is 0 Å². The molecule has 0 spiro atoms. The van der Waals surface area contributed by atoms with Gasteiger partial charge in [-0.05, 0) is 90.9 Å². The monoisotopic (exact) mass is 943 g/mol. The first kappa shape index (κ1) is 46.3. The molecule has 0 unspecified atom stereocenters. The number of nitrogens with two attached hydrogens (primary N) is 1. The number of ether oxygens (including phenoxy) is 1. The van der Waals surface area contributed by atoms with Crippen LogP contribution in [0, 0.1) is 11.8 Å². The number of nitrogens with zero attached hydrogens (tertiary/aromatic N) is 10. The molecule has 0 saturated carbocycles. The lowest BCUT2D eigenvalue weighted by atomic mass is 9.91. The molecule has 0 bridgehead atoms. The van der Waals surface area contributed by atoms with Crippen LogP contribution in [0.3, 0.4) is 0 Å². The number of aromatic nitrogens is 4. The molecule has 5 aliphatic rings. The molecule has 0 atom stereocenters. The number of piperidine rings is 2. The van der Waals surface area contributed by atoms with Crippen LogP contribution >= 0.6 is 11.3 Å². The van der Waals surface area contributed by atoms with Crippen molar-refractivity contribution in [3.8, 4) is 22.9 Å². The van der Waals surface area contributed by atoms with E-state index in [2.05, 4.69) is 58.7 Å². The minimum Gasteiger partial charge on any atom is -0.508 e. The third-order valence-electron chi connectivity index (χ3n) is 14.8. The summed E-state index contributed by atoms with van der Waals surface area (Å²) in [5.74, 6) is 2.78. The molecule has 10 rings (SSSR count). The molecule has 68 heavy (non-hydrogen) atoms. The van der Waals surface area contributed by atoms with E-state index in [1.165, 1.54) is 16.5 Å². The molecule has 4 saturated heterocycles. The van der Waals surface area contributed by atoms with E-state index in [1.807, 2.05) is 13.8 Å². The number of carbonyl (C=O) groups excluding carboxylic acids is 2. The SMILES string of the molecule is CC(C)c1cc(C(=O)N2Cc3ccc(CN4CCN(CC5CCN(C(=O)CC6CCN(Cc7cc8nc(-c9cnc(N)nc9)nc(N9CCOCC9)c8s7)CC6)CC5)CC4)cc3C2)c(O)cc1O. The standard InChI is InChI=1S/C51H65N11O5S/c1-33(2)41-24-42(45(64)25-44(41)63)50(66)62-30-37-4-3-36(21-38(37)31-62)29-59-15-13-58(14-16-59)28-35-7-11-60(12-8-35)46(65)22-34-5-9-57(10-6-34)32-40-23-43-47(68-40)49(61-17-19-67-20-18-61)56-48(55-43)39-26-53-51(52)54-27-39/h3-4,21,23-27,33-35,63-64H,5-20,22,28-32H2,1-2H3,(H2,52,53,54). The second-order valence-corrected chi connectivity index (χ2v) is 21.0. The predicted octanol–water partition coefficient (Wildman–Crippen LogP) is 5.92. The number of nitrogen functional groups attached to an aromatic ring is 1. The number of phenols is 2. The van der Waals surface area contributed by atoms with Gasteiger partial charge in [0.2, 0.25) is 11.9 Å². The number of piperazine rings is 1. The lowest BCUT2D eigenvalue weighted by Gasteiger charge is -2.39. The summed E-state index contributed by atoms with van der Waals surface area (Å²) in [6, 6.07) is 11.7. The van der Waals surface area contributed by atoms with Crippen molar-refractivity contribution in [2.24, 2.45) is 11.8 Å². The van der Waals surface area contributed by atoms with E-state index in [0.29, 0.717) is 61.9 Å². The number of carbonyl (C=O) groups is 2. The molecule has 8 heterocycles. The zero-order valence-electron chi connectivity index (χ0n) is 39.5. The molecular weight excluding hydrogens is 879 g/mol. The van der Waals surface area contributed by atoms with Gasteiger partial charge in [0.05, 0.1) is 34.6 Å². The number of phenolic OH excluding ortho intramolecular Hbond substituents is 2. The van der Waals surface area contributed by atoms with Gasteiger partial charge in [0.15, 0.2) is 11.6 Å². The molecule has 2 amide bonds. The molecule has 3 aromatic heterocycles. The van der Waals surface area contributed by atoms with Crippen molar-refractivity contribution in [3.63, 3.8) is 0 Å². The number of rotatable bonds is 12. The van der Waals surface area contributed by atoms with Crippen LogP contribution < -0.4 is 10.6 Å². The highest BCUT2D eigenvalue weighted by Gasteiger charge is 2.31. The summed E-state index contributed by atoms with van der Waals surface area (Å²) in [6.45, 7) is 18.5. The maximum atomic E-state index is 13.6. The van der Waals surface area contributed by atoms with Crippen LogP contribution in [0.25, 0.3) is 21.6 Å². The van der Waals surface area contributed by atoms with Crippen LogP contribution in [-0.2, 0) is 35.7 Å². The Morgan fingerprint density at radius 2 is 1.46 bits per heavy atom. The summed E-state index contributed by atoms with van der Waals surface area (Å²) >= 11 is 1.78. The fraction of sp³-hybridized carbons (Fsp3) is 0.529. The molecule has 5 aliphatic heterocycles. The van der Waals surface area contributed by atoms with E-state index < -0.39 is 0 Å². The normalized spacial score (nSPS) is 19.4. The number of hydrogen-bond donors (Lipinski definition) is 3. The maximum Gasteiger partial charge on any atom is 0.258 e. The second-order valence-electron chi connectivity index (χ2n) is 19.9. The number of amides is 2. The molecule has 5 aromatic rings. The fourth-order valence-electron chi connectivity index (χ4n) is 10.8. The van der Waals surface area contributed by atoms with Crippen LogP contribution in [0.5, 0.6) is 11.5 Å². The number of fused-ring (bicyclic) bond motifs is 2. The number of anilines is 2. The number of likely N-dealkylation sites (tertiary alicyclic amines) is 2. The molecule has 4 fully saturated rings. The van der Waals surface area contributed by atoms with Crippen LogP contribution in [0.2, 0.25) is 0 Å². The topological polar surface area (TPSA) is 181 Å². The second kappa shape index (κ2) is 20.2. The fourth-order valence-corrected chi connectivity index (χ4v) is 11.9. The minimum atomic E-state index is -0.221. The summed E-state index contributed by atoms with van der Waals surface area (Å²) in [5.41, 5.74) is 11.9. The molecule has 16 nitrogen and oxygen atoms in total. The quantitative estimate of drug-likeness (QED) is 0.134. The molecule has 360 valence electrons. The van der Waals surface area contributed by atoms with Gasteiger partial charge in [-0.25, -0.2) is 19.9 Å². The Balaban J connectivity index is 0.642. The van der Waals surface area contributed by atoms with Gasteiger partial charge in [0.1, 0.15) is 11.5 Å². The lowest BCUT2D eigenvalue weighted by molar-refractivity contribution is -0.134. The number of hydrogen-bond acceptors (Lipinski definition) is 15. The molecule has 2 aromatic carbocycles. The average molecular weight is 944 g/mol. The van der Waals surface area contributed by atoms with E-state index in [4.69, 9.17) is 20.4 Å². The average Bonchev–Trinajstić information content (AvgIpc) is 3.97. The lowest BCUT2D eigenvalue weighted by Crippen LogP contribution is -2.49. The van der Waals surface area contributed by atoms with Gasteiger partial charge in [-0.2, -0.15) is 0 Å². The van der Waals surface area contributed by atoms with Crippen molar-refractivity contribution in [3.05, 3.63) is 81.5 Å². The number of thiophene rings is 1. The van der Waals surface area contributed by atoms with Crippen molar-refractivity contribution in [1.29, 1.82) is 0 Å². The Hall–Kier alpha value is -5.46. The van der Waals surface area contributed by atoms with Crippen molar-refractivity contribution in [1.82, 2.24) is 44.4 Å². The first-order valence-corrected chi connectivity index (χ1v) is 25.4. The van der Waals surface area contributed by atoms with Gasteiger partial charge in [0, 0.05) is 115 Å². The molecule has 17 heteroatoms.